The van der Waals surface area contributed by atoms with E-state index in [0.717, 1.165) is 11.8 Å². The van der Waals surface area contributed by atoms with Crippen LogP contribution in [0.3, 0.4) is 0 Å². The van der Waals surface area contributed by atoms with Crippen molar-refractivity contribution in [2.75, 3.05) is 6.54 Å². The average Bonchev–Trinajstić information content (AvgIpc) is 2.53. The fourth-order valence-electron chi connectivity index (χ4n) is 4.02. The van der Waals surface area contributed by atoms with Crippen molar-refractivity contribution in [3.05, 3.63) is 34.9 Å². The summed E-state index contributed by atoms with van der Waals surface area (Å²) in [7, 11) is 0. The van der Waals surface area contributed by atoms with Gasteiger partial charge in [0.15, 0.2) is 0 Å². The standard InChI is InChI=1S/C20H31N/c1-15-7-9-17(10-8-15)14-21-16(2)19-12-11-18-5-3-4-6-20(18)13-19/h11-13,15-17,21H,3-10,14H2,1-2H3. The molecular weight excluding hydrogens is 254 g/mol. The summed E-state index contributed by atoms with van der Waals surface area (Å²) in [6.45, 7) is 5.93. The SMILES string of the molecule is CC1CCC(CNC(C)c2ccc3c(c2)CCCC3)CC1. The second kappa shape index (κ2) is 6.96. The van der Waals surface area contributed by atoms with E-state index in [1.54, 1.807) is 11.1 Å². The molecule has 1 aromatic carbocycles. The Bertz CT molecular complexity index is 457. The molecule has 3 rings (SSSR count). The summed E-state index contributed by atoms with van der Waals surface area (Å²) in [6, 6.07) is 7.70. The van der Waals surface area contributed by atoms with Crippen molar-refractivity contribution >= 4 is 0 Å². The maximum atomic E-state index is 3.79. The molecule has 116 valence electrons. The number of hydrogen-bond acceptors (Lipinski definition) is 1. The van der Waals surface area contributed by atoms with Gasteiger partial charge in [0.1, 0.15) is 0 Å². The molecule has 0 heterocycles. The highest BCUT2D eigenvalue weighted by molar-refractivity contribution is 5.35. The molecule has 0 amide bonds. The molecule has 0 bridgehead atoms. The van der Waals surface area contributed by atoms with Crippen molar-refractivity contribution < 1.29 is 0 Å². The number of rotatable bonds is 4. The molecule has 1 saturated carbocycles. The first kappa shape index (κ1) is 15.1. The lowest BCUT2D eigenvalue weighted by Gasteiger charge is -2.28. The lowest BCUT2D eigenvalue weighted by atomic mass is 9.83. The lowest BCUT2D eigenvalue weighted by Crippen LogP contribution is -2.28. The second-order valence-corrected chi connectivity index (χ2v) is 7.49. The molecule has 0 aliphatic heterocycles. The van der Waals surface area contributed by atoms with Crippen LogP contribution >= 0.6 is 0 Å². The molecule has 0 spiro atoms. The zero-order valence-electron chi connectivity index (χ0n) is 13.8. The van der Waals surface area contributed by atoms with Crippen LogP contribution in [0.15, 0.2) is 18.2 Å². The summed E-state index contributed by atoms with van der Waals surface area (Å²) >= 11 is 0. The molecule has 21 heavy (non-hydrogen) atoms. The van der Waals surface area contributed by atoms with Gasteiger partial charge in [-0.05, 0) is 80.5 Å². The van der Waals surface area contributed by atoms with Gasteiger partial charge in [-0.2, -0.15) is 0 Å². The number of nitrogens with one attached hydrogen (secondary N) is 1. The molecular formula is C20H31N. The first-order valence-electron chi connectivity index (χ1n) is 9.07. The highest BCUT2D eigenvalue weighted by Gasteiger charge is 2.19. The van der Waals surface area contributed by atoms with E-state index in [1.807, 2.05) is 0 Å². The van der Waals surface area contributed by atoms with Crippen LogP contribution in [0.5, 0.6) is 0 Å². The molecule has 1 atom stereocenters. The van der Waals surface area contributed by atoms with Crippen molar-refractivity contribution in [3.63, 3.8) is 0 Å². The van der Waals surface area contributed by atoms with E-state index in [1.165, 1.54) is 63.5 Å². The van der Waals surface area contributed by atoms with Crippen molar-refractivity contribution in [1.82, 2.24) is 5.32 Å². The van der Waals surface area contributed by atoms with Gasteiger partial charge in [0.25, 0.3) is 0 Å². The Morgan fingerprint density at radius 3 is 2.52 bits per heavy atom. The van der Waals surface area contributed by atoms with Gasteiger partial charge < -0.3 is 5.32 Å². The quantitative estimate of drug-likeness (QED) is 0.817. The molecule has 0 radical (unpaired) electrons. The fraction of sp³-hybridized carbons (Fsp3) is 0.700. The molecule has 1 heteroatoms. The van der Waals surface area contributed by atoms with E-state index in [4.69, 9.17) is 0 Å². The monoisotopic (exact) mass is 285 g/mol. The predicted octanol–water partition coefficient (Wildman–Crippen LogP) is 5.04. The van der Waals surface area contributed by atoms with Crippen LogP contribution in [0, 0.1) is 11.8 Å². The minimum atomic E-state index is 0.497. The normalized spacial score (nSPS) is 27.1. The van der Waals surface area contributed by atoms with E-state index in [0.29, 0.717) is 6.04 Å². The maximum Gasteiger partial charge on any atom is 0.0292 e. The first-order chi connectivity index (χ1) is 10.2. The van der Waals surface area contributed by atoms with Crippen molar-refractivity contribution in [3.8, 4) is 0 Å². The maximum absolute atomic E-state index is 3.79. The fourth-order valence-corrected chi connectivity index (χ4v) is 4.02. The van der Waals surface area contributed by atoms with Gasteiger partial charge in [-0.15, -0.1) is 0 Å². The molecule has 2 aliphatic carbocycles. The van der Waals surface area contributed by atoms with Crippen LogP contribution in [0.4, 0.5) is 0 Å². The molecule has 1 nitrogen and oxygen atoms in total. The second-order valence-electron chi connectivity index (χ2n) is 7.49. The van der Waals surface area contributed by atoms with Crippen molar-refractivity contribution in [2.24, 2.45) is 11.8 Å². The lowest BCUT2D eigenvalue weighted by molar-refractivity contribution is 0.276. The molecule has 1 aromatic rings. The molecule has 1 fully saturated rings. The van der Waals surface area contributed by atoms with Crippen LogP contribution in [-0.4, -0.2) is 6.54 Å². The van der Waals surface area contributed by atoms with Crippen LogP contribution < -0.4 is 5.32 Å². The van der Waals surface area contributed by atoms with Gasteiger partial charge >= 0.3 is 0 Å². The molecule has 0 saturated heterocycles. The summed E-state index contributed by atoms with van der Waals surface area (Å²) in [6.07, 6.45) is 11.0. The third-order valence-corrected chi connectivity index (χ3v) is 5.72. The zero-order valence-corrected chi connectivity index (χ0v) is 13.8. The first-order valence-corrected chi connectivity index (χ1v) is 9.07. The van der Waals surface area contributed by atoms with E-state index >= 15 is 0 Å². The van der Waals surface area contributed by atoms with Crippen molar-refractivity contribution in [1.29, 1.82) is 0 Å². The van der Waals surface area contributed by atoms with Crippen LogP contribution in [-0.2, 0) is 12.8 Å². The number of benzene rings is 1. The van der Waals surface area contributed by atoms with Crippen LogP contribution in [0.1, 0.15) is 75.1 Å². The van der Waals surface area contributed by atoms with Gasteiger partial charge in [0.2, 0.25) is 0 Å². The zero-order chi connectivity index (χ0) is 14.7. The Labute approximate surface area is 130 Å². The summed E-state index contributed by atoms with van der Waals surface area (Å²) in [4.78, 5) is 0. The average molecular weight is 285 g/mol. The molecule has 2 aliphatic rings. The highest BCUT2D eigenvalue weighted by Crippen LogP contribution is 2.29. The third kappa shape index (κ3) is 3.88. The van der Waals surface area contributed by atoms with Gasteiger partial charge in [0.05, 0.1) is 0 Å². The van der Waals surface area contributed by atoms with Gasteiger partial charge in [0, 0.05) is 6.04 Å². The van der Waals surface area contributed by atoms with Crippen LogP contribution in [0.25, 0.3) is 0 Å². The van der Waals surface area contributed by atoms with E-state index in [-0.39, 0.29) is 0 Å². The summed E-state index contributed by atoms with van der Waals surface area (Å²) in [5, 5.41) is 3.79. The minimum absolute atomic E-state index is 0.497. The topological polar surface area (TPSA) is 12.0 Å². The highest BCUT2D eigenvalue weighted by atomic mass is 14.9. The predicted molar refractivity (Wildman–Crippen MR) is 90.6 cm³/mol. The molecule has 0 aromatic heterocycles. The summed E-state index contributed by atoms with van der Waals surface area (Å²) < 4.78 is 0. The number of aryl methyl sites for hydroxylation is 2. The van der Waals surface area contributed by atoms with Crippen LogP contribution in [0.2, 0.25) is 0 Å². The molecule has 1 unspecified atom stereocenters. The summed E-state index contributed by atoms with van der Waals surface area (Å²) in [5.41, 5.74) is 4.69. The van der Waals surface area contributed by atoms with Gasteiger partial charge in [-0.3, -0.25) is 0 Å². The number of hydrogen-bond donors (Lipinski definition) is 1. The Kier molecular flexibility index (Phi) is 5.00. The minimum Gasteiger partial charge on any atom is -0.310 e. The Hall–Kier alpha value is -0.820. The van der Waals surface area contributed by atoms with Gasteiger partial charge in [-0.25, -0.2) is 0 Å². The smallest absolute Gasteiger partial charge is 0.0292 e. The number of fused-ring (bicyclic) bond motifs is 1. The largest absolute Gasteiger partial charge is 0.310 e. The van der Waals surface area contributed by atoms with E-state index in [9.17, 15) is 0 Å². The van der Waals surface area contributed by atoms with E-state index in [2.05, 4.69) is 37.4 Å². The third-order valence-electron chi connectivity index (χ3n) is 5.72. The van der Waals surface area contributed by atoms with Gasteiger partial charge in [-0.1, -0.05) is 38.0 Å². The Morgan fingerprint density at radius 1 is 1.05 bits per heavy atom. The van der Waals surface area contributed by atoms with E-state index < -0.39 is 0 Å². The van der Waals surface area contributed by atoms with Crippen molar-refractivity contribution in [2.45, 2.75) is 71.3 Å². The Morgan fingerprint density at radius 2 is 1.76 bits per heavy atom. The summed E-state index contributed by atoms with van der Waals surface area (Å²) in [5.74, 6) is 1.86. The Balaban J connectivity index is 1.54. The molecule has 1 N–H and O–H groups in total.